The number of anilines is 2. The molecule has 0 saturated carbocycles. The molecule has 102 valence electrons. The van der Waals surface area contributed by atoms with Gasteiger partial charge < -0.3 is 10.1 Å². The first kappa shape index (κ1) is 14.0. The maximum Gasteiger partial charge on any atom is 0.119 e. The van der Waals surface area contributed by atoms with Gasteiger partial charge >= 0.3 is 0 Å². The number of benzene rings is 2. The molecule has 0 aliphatic carbocycles. The summed E-state index contributed by atoms with van der Waals surface area (Å²) in [7, 11) is 0. The van der Waals surface area contributed by atoms with E-state index >= 15 is 0 Å². The lowest BCUT2D eigenvalue weighted by molar-refractivity contribution is 0.317. The molecule has 0 saturated heterocycles. The zero-order chi connectivity index (χ0) is 14.4. The average molecular weight is 266 g/mol. The van der Waals surface area contributed by atoms with Crippen LogP contribution in [0.5, 0.6) is 5.75 Å². The Balaban J connectivity index is 2.12. The first-order valence-electron chi connectivity index (χ1n) is 6.73. The third kappa shape index (κ3) is 3.52. The molecule has 3 heteroatoms. The van der Waals surface area contributed by atoms with E-state index in [9.17, 15) is 0 Å². The van der Waals surface area contributed by atoms with Crippen molar-refractivity contribution in [3.63, 3.8) is 0 Å². The van der Waals surface area contributed by atoms with Crippen LogP contribution in [-0.4, -0.2) is 6.61 Å². The fraction of sp³-hybridized carbons (Fsp3) is 0.235. The minimum atomic E-state index is 0.649. The van der Waals surface area contributed by atoms with Gasteiger partial charge in [0.05, 0.1) is 17.9 Å². The summed E-state index contributed by atoms with van der Waals surface area (Å²) in [5, 5.41) is 12.4. The molecule has 20 heavy (non-hydrogen) atoms. The molecule has 2 rings (SSSR count). The molecule has 2 aromatic carbocycles. The van der Waals surface area contributed by atoms with Gasteiger partial charge in [-0.25, -0.2) is 0 Å². The van der Waals surface area contributed by atoms with Crippen molar-refractivity contribution < 1.29 is 4.74 Å². The summed E-state index contributed by atoms with van der Waals surface area (Å²) in [5.41, 5.74) is 3.49. The Hall–Kier alpha value is -2.47. The van der Waals surface area contributed by atoms with Crippen molar-refractivity contribution in [3.8, 4) is 11.8 Å². The van der Waals surface area contributed by atoms with Gasteiger partial charge in [0.2, 0.25) is 0 Å². The van der Waals surface area contributed by atoms with Crippen LogP contribution in [0.4, 0.5) is 11.4 Å². The fourth-order valence-electron chi connectivity index (χ4n) is 1.87. The van der Waals surface area contributed by atoms with Gasteiger partial charge in [-0.1, -0.05) is 13.0 Å². The van der Waals surface area contributed by atoms with Gasteiger partial charge in [0, 0.05) is 5.69 Å². The van der Waals surface area contributed by atoms with E-state index in [4.69, 9.17) is 10.00 Å². The first-order valence-corrected chi connectivity index (χ1v) is 6.73. The molecule has 0 unspecified atom stereocenters. The summed E-state index contributed by atoms with van der Waals surface area (Å²) < 4.78 is 5.54. The topological polar surface area (TPSA) is 45.0 Å². The summed E-state index contributed by atoms with van der Waals surface area (Å²) >= 11 is 0. The average Bonchev–Trinajstić information content (AvgIpc) is 2.48. The minimum Gasteiger partial charge on any atom is -0.494 e. The van der Waals surface area contributed by atoms with Gasteiger partial charge in [0.1, 0.15) is 11.8 Å². The summed E-state index contributed by atoms with van der Waals surface area (Å²) in [6.45, 7) is 4.78. The number of rotatable bonds is 5. The summed E-state index contributed by atoms with van der Waals surface area (Å²) in [4.78, 5) is 0. The van der Waals surface area contributed by atoms with Crippen LogP contribution in [0, 0.1) is 18.3 Å². The molecule has 0 atom stereocenters. The van der Waals surface area contributed by atoms with Crippen molar-refractivity contribution >= 4 is 11.4 Å². The van der Waals surface area contributed by atoms with E-state index in [0.29, 0.717) is 5.56 Å². The molecular weight excluding hydrogens is 248 g/mol. The number of nitrogens with one attached hydrogen (secondary N) is 1. The molecule has 0 aliphatic heterocycles. The molecule has 0 aliphatic rings. The lowest BCUT2D eigenvalue weighted by atomic mass is 10.1. The van der Waals surface area contributed by atoms with Crippen LogP contribution in [-0.2, 0) is 0 Å². The first-order chi connectivity index (χ1) is 9.72. The maximum atomic E-state index is 9.15. The molecule has 0 aromatic heterocycles. The van der Waals surface area contributed by atoms with Crippen LogP contribution < -0.4 is 10.1 Å². The van der Waals surface area contributed by atoms with E-state index in [-0.39, 0.29) is 0 Å². The largest absolute Gasteiger partial charge is 0.494 e. The van der Waals surface area contributed by atoms with Crippen molar-refractivity contribution in [1.82, 2.24) is 0 Å². The predicted octanol–water partition coefficient (Wildman–Crippen LogP) is 4.40. The van der Waals surface area contributed by atoms with E-state index in [1.165, 1.54) is 0 Å². The van der Waals surface area contributed by atoms with Crippen molar-refractivity contribution in [1.29, 1.82) is 5.26 Å². The highest BCUT2D eigenvalue weighted by Gasteiger charge is 2.03. The lowest BCUT2D eigenvalue weighted by Crippen LogP contribution is -1.96. The number of aryl methyl sites for hydroxylation is 1. The van der Waals surface area contributed by atoms with Gasteiger partial charge in [-0.15, -0.1) is 0 Å². The smallest absolute Gasteiger partial charge is 0.119 e. The SMILES string of the molecule is CCCOc1ccc(Nc2ccc(C)cc2C#N)cc1. The van der Waals surface area contributed by atoms with Crippen molar-refractivity contribution in [3.05, 3.63) is 53.6 Å². The highest BCUT2D eigenvalue weighted by Crippen LogP contribution is 2.23. The van der Waals surface area contributed by atoms with E-state index in [1.807, 2.05) is 49.4 Å². The summed E-state index contributed by atoms with van der Waals surface area (Å²) in [5.74, 6) is 0.863. The maximum absolute atomic E-state index is 9.15. The van der Waals surface area contributed by atoms with Crippen LogP contribution in [0.15, 0.2) is 42.5 Å². The summed E-state index contributed by atoms with van der Waals surface area (Å²) in [6, 6.07) is 15.8. The highest BCUT2D eigenvalue weighted by molar-refractivity contribution is 5.67. The third-order valence-corrected chi connectivity index (χ3v) is 2.90. The third-order valence-electron chi connectivity index (χ3n) is 2.90. The van der Waals surface area contributed by atoms with Gasteiger partial charge in [-0.2, -0.15) is 5.26 Å². The van der Waals surface area contributed by atoms with E-state index < -0.39 is 0 Å². The Bertz CT molecular complexity index is 612. The molecule has 0 spiro atoms. The van der Waals surface area contributed by atoms with Crippen LogP contribution in [0.3, 0.4) is 0 Å². The second-order valence-electron chi connectivity index (χ2n) is 4.66. The quantitative estimate of drug-likeness (QED) is 0.872. The van der Waals surface area contributed by atoms with Gasteiger partial charge in [-0.3, -0.25) is 0 Å². The number of hydrogen-bond donors (Lipinski definition) is 1. The molecular formula is C17H18N2O. The molecule has 0 radical (unpaired) electrons. The molecule has 2 aromatic rings. The van der Waals surface area contributed by atoms with Crippen LogP contribution in [0.1, 0.15) is 24.5 Å². The second-order valence-corrected chi connectivity index (χ2v) is 4.66. The fourth-order valence-corrected chi connectivity index (χ4v) is 1.87. The van der Waals surface area contributed by atoms with E-state index in [2.05, 4.69) is 18.3 Å². The van der Waals surface area contributed by atoms with Gasteiger partial charge in [-0.05, 0) is 55.3 Å². The van der Waals surface area contributed by atoms with Crippen LogP contribution in [0.25, 0.3) is 0 Å². The number of nitriles is 1. The minimum absolute atomic E-state index is 0.649. The van der Waals surface area contributed by atoms with Crippen LogP contribution >= 0.6 is 0 Å². The standard InChI is InChI=1S/C17H18N2O/c1-3-10-20-16-7-5-15(6-8-16)19-17-9-4-13(2)11-14(17)12-18/h4-9,11,19H,3,10H2,1-2H3. The predicted molar refractivity (Wildman–Crippen MR) is 81.4 cm³/mol. The number of ether oxygens (including phenoxy) is 1. The van der Waals surface area contributed by atoms with Crippen LogP contribution in [0.2, 0.25) is 0 Å². The summed E-state index contributed by atoms with van der Waals surface area (Å²) in [6.07, 6.45) is 0.995. The Morgan fingerprint density at radius 1 is 1.15 bits per heavy atom. The molecule has 0 heterocycles. The molecule has 3 nitrogen and oxygen atoms in total. The Labute approximate surface area is 119 Å². The van der Waals surface area contributed by atoms with E-state index in [0.717, 1.165) is 35.7 Å². The Kier molecular flexibility index (Phi) is 4.62. The van der Waals surface area contributed by atoms with Crippen molar-refractivity contribution in [2.45, 2.75) is 20.3 Å². The van der Waals surface area contributed by atoms with Crippen molar-refractivity contribution in [2.24, 2.45) is 0 Å². The Morgan fingerprint density at radius 3 is 2.55 bits per heavy atom. The number of nitrogens with zero attached hydrogens (tertiary/aromatic N) is 1. The molecule has 0 bridgehead atoms. The number of hydrogen-bond acceptors (Lipinski definition) is 3. The highest BCUT2D eigenvalue weighted by atomic mass is 16.5. The Morgan fingerprint density at radius 2 is 1.90 bits per heavy atom. The van der Waals surface area contributed by atoms with E-state index in [1.54, 1.807) is 0 Å². The molecule has 0 fully saturated rings. The normalized spacial score (nSPS) is 9.85. The van der Waals surface area contributed by atoms with Gasteiger partial charge in [0.15, 0.2) is 0 Å². The monoisotopic (exact) mass is 266 g/mol. The van der Waals surface area contributed by atoms with Gasteiger partial charge in [0.25, 0.3) is 0 Å². The molecule has 1 N–H and O–H groups in total. The van der Waals surface area contributed by atoms with Crippen molar-refractivity contribution in [2.75, 3.05) is 11.9 Å². The zero-order valence-electron chi connectivity index (χ0n) is 11.8. The lowest BCUT2D eigenvalue weighted by Gasteiger charge is -2.10. The second kappa shape index (κ2) is 6.63. The molecule has 0 amide bonds. The zero-order valence-corrected chi connectivity index (χ0v) is 11.8.